The lowest BCUT2D eigenvalue weighted by Gasteiger charge is -2.18. The normalized spacial score (nSPS) is 14.1. The van der Waals surface area contributed by atoms with Gasteiger partial charge in [-0.1, -0.05) is 42.2 Å². The maximum absolute atomic E-state index is 12.5. The fourth-order valence-electron chi connectivity index (χ4n) is 3.14. The summed E-state index contributed by atoms with van der Waals surface area (Å²) in [5.41, 5.74) is 3.15. The van der Waals surface area contributed by atoms with Crippen LogP contribution < -0.4 is 0 Å². The van der Waals surface area contributed by atoms with Crippen LogP contribution in [-0.4, -0.2) is 39.9 Å². The van der Waals surface area contributed by atoms with Crippen molar-refractivity contribution in [3.05, 3.63) is 41.1 Å². The van der Waals surface area contributed by atoms with Crippen molar-refractivity contribution >= 4 is 45.2 Å². The van der Waals surface area contributed by atoms with E-state index in [2.05, 4.69) is 4.90 Å². The van der Waals surface area contributed by atoms with Gasteiger partial charge < -0.3 is 9.64 Å². The molecule has 0 aliphatic carbocycles. The van der Waals surface area contributed by atoms with Gasteiger partial charge in [-0.25, -0.2) is 4.79 Å². The van der Waals surface area contributed by atoms with Gasteiger partial charge in [0.05, 0.1) is 23.4 Å². The van der Waals surface area contributed by atoms with Crippen LogP contribution in [0.4, 0.5) is 0 Å². The predicted octanol–water partition coefficient (Wildman–Crippen LogP) is 4.33. The van der Waals surface area contributed by atoms with Gasteiger partial charge in [-0.15, -0.1) is 0 Å². The van der Waals surface area contributed by atoms with Gasteiger partial charge in [-0.3, -0.25) is 4.98 Å². The number of aromatic nitrogens is 1. The monoisotopic (exact) mass is 374 g/mol. The summed E-state index contributed by atoms with van der Waals surface area (Å²) in [6.45, 7) is 6.19. The van der Waals surface area contributed by atoms with E-state index in [1.165, 1.54) is 12.8 Å². The first-order chi connectivity index (χ1) is 12.1. The number of thioether (sulfide) groups is 1. The molecule has 4 nitrogen and oxygen atoms in total. The number of nitrogens with zero attached hydrogens (tertiary/aromatic N) is 2. The van der Waals surface area contributed by atoms with Crippen LogP contribution in [0.2, 0.25) is 0 Å². The topological polar surface area (TPSA) is 42.4 Å². The predicted molar refractivity (Wildman–Crippen MR) is 107 cm³/mol. The summed E-state index contributed by atoms with van der Waals surface area (Å²) in [5.74, 6) is 0.274. The van der Waals surface area contributed by atoms with Crippen LogP contribution in [0.5, 0.6) is 0 Å². The highest BCUT2D eigenvalue weighted by Crippen LogP contribution is 2.27. The summed E-state index contributed by atoms with van der Waals surface area (Å²) in [7, 11) is 0. The van der Waals surface area contributed by atoms with Crippen molar-refractivity contribution in [3.8, 4) is 0 Å². The number of para-hydroxylation sites is 1. The van der Waals surface area contributed by atoms with Crippen LogP contribution in [0, 0.1) is 6.92 Å². The summed E-state index contributed by atoms with van der Waals surface area (Å²) in [5, 5.41) is 0.987. The Morgan fingerprint density at radius 2 is 2.04 bits per heavy atom. The number of rotatable bonds is 4. The summed E-state index contributed by atoms with van der Waals surface area (Å²) < 4.78 is 6.16. The van der Waals surface area contributed by atoms with E-state index in [1.807, 2.05) is 38.1 Å². The van der Waals surface area contributed by atoms with Crippen molar-refractivity contribution in [1.29, 1.82) is 0 Å². The number of hydrogen-bond donors (Lipinski definition) is 0. The lowest BCUT2D eigenvalue weighted by molar-refractivity contribution is 0.0524. The van der Waals surface area contributed by atoms with E-state index >= 15 is 0 Å². The van der Waals surface area contributed by atoms with Crippen LogP contribution in [0.15, 0.2) is 24.3 Å². The number of benzene rings is 1. The highest BCUT2D eigenvalue weighted by Gasteiger charge is 2.21. The van der Waals surface area contributed by atoms with E-state index in [-0.39, 0.29) is 5.97 Å². The molecule has 0 bridgehead atoms. The first-order valence-corrected chi connectivity index (χ1v) is 9.98. The van der Waals surface area contributed by atoms with Gasteiger partial charge in [0.1, 0.15) is 4.32 Å². The number of aryl methyl sites for hydroxylation is 1. The third kappa shape index (κ3) is 3.96. The molecule has 1 aromatic carbocycles. The van der Waals surface area contributed by atoms with Crippen molar-refractivity contribution in [1.82, 2.24) is 9.88 Å². The van der Waals surface area contributed by atoms with E-state index in [9.17, 15) is 4.79 Å². The molecular formula is C19H22N2O2S2. The molecule has 3 rings (SSSR count). The summed E-state index contributed by atoms with van der Waals surface area (Å²) in [6, 6.07) is 7.89. The van der Waals surface area contributed by atoms with E-state index < -0.39 is 0 Å². The molecule has 0 N–H and O–H groups in total. The molecule has 6 heteroatoms. The summed E-state index contributed by atoms with van der Waals surface area (Å²) in [4.78, 5) is 19.5. The largest absolute Gasteiger partial charge is 0.462 e. The summed E-state index contributed by atoms with van der Waals surface area (Å²) >= 11 is 7.13. The average Bonchev–Trinajstić information content (AvgIpc) is 3.14. The minimum atomic E-state index is -0.305. The third-order valence-electron chi connectivity index (χ3n) is 4.40. The lowest BCUT2D eigenvalue weighted by atomic mass is 10.0. The quantitative estimate of drug-likeness (QED) is 0.586. The van der Waals surface area contributed by atoms with Crippen molar-refractivity contribution in [3.63, 3.8) is 0 Å². The number of pyridine rings is 1. The second-order valence-electron chi connectivity index (χ2n) is 6.04. The number of hydrogen-bond acceptors (Lipinski definition) is 5. The standard InChI is InChI=1S/C19H22N2O2S2/c1-3-23-18(22)17-13(2)14-8-4-5-9-15(14)20-16(17)12-25-19(24)21-10-6-7-11-21/h4-5,8-9H,3,6-7,10-12H2,1-2H3. The van der Waals surface area contributed by atoms with Gasteiger partial charge in [0.2, 0.25) is 0 Å². The first-order valence-electron chi connectivity index (χ1n) is 8.59. The maximum atomic E-state index is 12.5. The molecule has 0 amide bonds. The third-order valence-corrected chi connectivity index (χ3v) is 5.94. The molecule has 0 spiro atoms. The second kappa shape index (κ2) is 8.15. The van der Waals surface area contributed by atoms with Crippen molar-refractivity contribution in [2.24, 2.45) is 0 Å². The van der Waals surface area contributed by atoms with Crippen LogP contribution in [0.25, 0.3) is 10.9 Å². The summed E-state index contributed by atoms with van der Waals surface area (Å²) in [6.07, 6.45) is 2.39. The minimum absolute atomic E-state index is 0.305. The molecule has 0 radical (unpaired) electrons. The number of thiocarbonyl (C=S) groups is 1. The number of fused-ring (bicyclic) bond motifs is 1. The van der Waals surface area contributed by atoms with E-state index in [1.54, 1.807) is 11.8 Å². The van der Waals surface area contributed by atoms with Gasteiger partial charge in [-0.2, -0.15) is 0 Å². The number of esters is 1. The molecule has 1 aliphatic heterocycles. The second-order valence-corrected chi connectivity index (χ2v) is 7.65. The Labute approximate surface area is 157 Å². The molecule has 0 unspecified atom stereocenters. The van der Waals surface area contributed by atoms with Gasteiger partial charge in [0.15, 0.2) is 0 Å². The fourth-order valence-corrected chi connectivity index (χ4v) is 4.33. The Balaban J connectivity index is 1.92. The molecule has 1 aromatic heterocycles. The zero-order valence-electron chi connectivity index (χ0n) is 14.6. The zero-order valence-corrected chi connectivity index (χ0v) is 16.2. The van der Waals surface area contributed by atoms with Gasteiger partial charge in [0.25, 0.3) is 0 Å². The molecule has 2 aromatic rings. The van der Waals surface area contributed by atoms with Crippen molar-refractivity contribution in [2.45, 2.75) is 32.4 Å². The highest BCUT2D eigenvalue weighted by atomic mass is 32.2. The van der Waals surface area contributed by atoms with Crippen LogP contribution in [-0.2, 0) is 10.5 Å². The van der Waals surface area contributed by atoms with Gasteiger partial charge >= 0.3 is 5.97 Å². The Kier molecular flexibility index (Phi) is 5.91. The molecule has 1 fully saturated rings. The number of carbonyl (C=O) groups excluding carboxylic acids is 1. The van der Waals surface area contributed by atoms with E-state index in [4.69, 9.17) is 21.9 Å². The average molecular weight is 375 g/mol. The Morgan fingerprint density at radius 3 is 2.76 bits per heavy atom. The van der Waals surface area contributed by atoms with Crippen LogP contribution >= 0.6 is 24.0 Å². The molecule has 1 aliphatic rings. The molecule has 2 heterocycles. The molecular weight excluding hydrogens is 352 g/mol. The number of ether oxygens (including phenoxy) is 1. The smallest absolute Gasteiger partial charge is 0.340 e. The number of likely N-dealkylation sites (tertiary alicyclic amines) is 1. The van der Waals surface area contributed by atoms with Gasteiger partial charge in [-0.05, 0) is 38.3 Å². The van der Waals surface area contributed by atoms with Gasteiger partial charge in [0, 0.05) is 24.2 Å². The molecule has 132 valence electrons. The zero-order chi connectivity index (χ0) is 17.8. The molecule has 25 heavy (non-hydrogen) atoms. The lowest BCUT2D eigenvalue weighted by Crippen LogP contribution is -2.23. The number of carbonyl (C=O) groups is 1. The van der Waals surface area contributed by atoms with Crippen LogP contribution in [0.1, 0.15) is 41.4 Å². The Hall–Kier alpha value is -1.66. The van der Waals surface area contributed by atoms with Crippen molar-refractivity contribution < 1.29 is 9.53 Å². The fraction of sp³-hybridized carbons (Fsp3) is 0.421. The SMILES string of the molecule is CCOC(=O)c1c(CSC(=S)N2CCCC2)nc2ccccc2c1C. The molecule has 0 atom stereocenters. The Bertz CT molecular complexity index is 801. The minimum Gasteiger partial charge on any atom is -0.462 e. The Morgan fingerprint density at radius 1 is 1.32 bits per heavy atom. The van der Waals surface area contributed by atoms with Crippen molar-refractivity contribution in [2.75, 3.05) is 19.7 Å². The molecule has 0 saturated carbocycles. The van der Waals surface area contributed by atoms with E-state index in [0.29, 0.717) is 17.9 Å². The maximum Gasteiger partial charge on any atom is 0.340 e. The highest BCUT2D eigenvalue weighted by molar-refractivity contribution is 8.22. The van der Waals surface area contributed by atoms with Crippen LogP contribution in [0.3, 0.4) is 0 Å². The van der Waals surface area contributed by atoms with E-state index in [0.717, 1.165) is 39.6 Å². The molecule has 1 saturated heterocycles. The first kappa shape index (κ1) is 18.1.